The van der Waals surface area contributed by atoms with E-state index in [1.165, 1.54) is 17.5 Å². The van der Waals surface area contributed by atoms with E-state index < -0.39 is 23.0 Å². The number of rotatable bonds is 9. The van der Waals surface area contributed by atoms with Crippen molar-refractivity contribution in [1.29, 1.82) is 0 Å². The molecular formula is C28H36O5. The Hall–Kier alpha value is -2.82. The van der Waals surface area contributed by atoms with Crippen molar-refractivity contribution in [1.82, 2.24) is 0 Å². The first-order valence-electron chi connectivity index (χ1n) is 12.0. The van der Waals surface area contributed by atoms with Gasteiger partial charge in [0.1, 0.15) is 5.75 Å². The highest BCUT2D eigenvalue weighted by atomic mass is 16.5. The predicted molar refractivity (Wildman–Crippen MR) is 129 cm³/mol. The molecule has 2 atom stereocenters. The molecule has 1 aliphatic rings. The smallest absolute Gasteiger partial charge is 0.347 e. The van der Waals surface area contributed by atoms with Crippen LogP contribution < -0.4 is 4.74 Å². The van der Waals surface area contributed by atoms with Crippen LogP contribution in [0.3, 0.4) is 0 Å². The Kier molecular flexibility index (Phi) is 7.20. The fourth-order valence-corrected chi connectivity index (χ4v) is 4.90. The summed E-state index contributed by atoms with van der Waals surface area (Å²) in [5.74, 6) is -1.23. The second-order valence-electron chi connectivity index (χ2n) is 9.73. The summed E-state index contributed by atoms with van der Waals surface area (Å²) in [4.78, 5) is 23.5. The van der Waals surface area contributed by atoms with Gasteiger partial charge in [-0.3, -0.25) is 4.79 Å². The molecule has 5 nitrogen and oxygen atoms in total. The van der Waals surface area contributed by atoms with Gasteiger partial charge < -0.3 is 14.9 Å². The molecule has 0 aromatic heterocycles. The summed E-state index contributed by atoms with van der Waals surface area (Å²) in [5.41, 5.74) is 0.925. The molecule has 0 aliphatic heterocycles. The third kappa shape index (κ3) is 4.64. The highest BCUT2D eigenvalue weighted by Crippen LogP contribution is 2.46. The Morgan fingerprint density at radius 1 is 0.818 bits per heavy atom. The average molecular weight is 453 g/mol. The van der Waals surface area contributed by atoms with E-state index in [9.17, 15) is 19.8 Å². The second kappa shape index (κ2) is 9.58. The van der Waals surface area contributed by atoms with Gasteiger partial charge in [0.15, 0.2) is 0 Å². The molecule has 33 heavy (non-hydrogen) atoms. The van der Waals surface area contributed by atoms with E-state index in [1.54, 1.807) is 20.8 Å². The molecule has 2 N–H and O–H groups in total. The lowest BCUT2D eigenvalue weighted by molar-refractivity contribution is -0.154. The average Bonchev–Trinajstić information content (AvgIpc) is 2.84. The van der Waals surface area contributed by atoms with Gasteiger partial charge in [-0.1, -0.05) is 69.5 Å². The monoisotopic (exact) mass is 452 g/mol. The number of hydrogen-bond acceptors (Lipinski definition) is 3. The van der Waals surface area contributed by atoms with Crippen molar-refractivity contribution in [3.05, 3.63) is 65.2 Å². The third-order valence-corrected chi connectivity index (χ3v) is 7.84. The van der Waals surface area contributed by atoms with Crippen LogP contribution in [0.2, 0.25) is 0 Å². The van der Waals surface area contributed by atoms with E-state index >= 15 is 0 Å². The van der Waals surface area contributed by atoms with E-state index in [0.29, 0.717) is 18.6 Å². The molecule has 178 valence electrons. The molecule has 2 unspecified atom stereocenters. The van der Waals surface area contributed by atoms with E-state index in [0.717, 1.165) is 31.2 Å². The van der Waals surface area contributed by atoms with Crippen molar-refractivity contribution in [2.45, 2.75) is 89.1 Å². The Bertz CT molecular complexity index is 972. The zero-order valence-corrected chi connectivity index (χ0v) is 20.2. The van der Waals surface area contributed by atoms with Crippen molar-refractivity contribution in [2.75, 3.05) is 0 Å². The standard InChI is InChI=1S/C28H36O5/c1-5-26(3,24(29)30)20-10-12-21(13-11-20)28(18-8-7-9-19-28)22-14-16-23(17-15-22)33-27(4,6-2)25(31)32/h10-17H,5-9,18-19H2,1-4H3,(H,29,30)(H,31,32). The molecule has 5 heteroatoms. The first kappa shape index (κ1) is 24.8. The number of carboxylic acid groups (broad SMARTS) is 2. The maximum atomic E-state index is 11.9. The minimum Gasteiger partial charge on any atom is -0.481 e. The first-order valence-corrected chi connectivity index (χ1v) is 12.0. The molecule has 2 aromatic carbocycles. The van der Waals surface area contributed by atoms with Crippen LogP contribution in [-0.2, 0) is 20.4 Å². The Morgan fingerprint density at radius 2 is 1.33 bits per heavy atom. The SMILES string of the molecule is CCC(C)(Oc1ccc(C2(c3ccc(C(C)(CC)C(=O)O)cc3)CCCCC2)cc1)C(=O)O. The molecule has 0 amide bonds. The van der Waals surface area contributed by atoms with Crippen molar-refractivity contribution in [3.63, 3.8) is 0 Å². The second-order valence-corrected chi connectivity index (χ2v) is 9.73. The Morgan fingerprint density at radius 3 is 1.76 bits per heavy atom. The molecule has 3 rings (SSSR count). The van der Waals surface area contributed by atoms with Gasteiger partial charge in [0, 0.05) is 5.41 Å². The van der Waals surface area contributed by atoms with Crippen LogP contribution >= 0.6 is 0 Å². The summed E-state index contributed by atoms with van der Waals surface area (Å²) in [7, 11) is 0. The molecule has 1 saturated carbocycles. The normalized spacial score (nSPS) is 19.2. The maximum absolute atomic E-state index is 11.9. The van der Waals surface area contributed by atoms with Crippen molar-refractivity contribution < 1.29 is 24.5 Å². The number of carboxylic acids is 2. The van der Waals surface area contributed by atoms with E-state index in [1.807, 2.05) is 31.2 Å². The Balaban J connectivity index is 1.95. The zero-order valence-electron chi connectivity index (χ0n) is 20.2. The molecule has 0 heterocycles. The molecule has 0 spiro atoms. The third-order valence-electron chi connectivity index (χ3n) is 7.84. The van der Waals surface area contributed by atoms with E-state index in [4.69, 9.17) is 4.74 Å². The largest absolute Gasteiger partial charge is 0.481 e. The summed E-state index contributed by atoms with van der Waals surface area (Å²) < 4.78 is 5.83. The van der Waals surface area contributed by atoms with Crippen LogP contribution in [0.15, 0.2) is 48.5 Å². The number of aliphatic carboxylic acids is 2. The Labute approximate surface area is 196 Å². The van der Waals surface area contributed by atoms with Gasteiger partial charge >= 0.3 is 11.9 Å². The molecule has 0 bridgehead atoms. The minimum absolute atomic E-state index is 0.137. The van der Waals surface area contributed by atoms with Gasteiger partial charge in [-0.25, -0.2) is 4.79 Å². The van der Waals surface area contributed by atoms with Crippen molar-refractivity contribution in [3.8, 4) is 5.75 Å². The quantitative estimate of drug-likeness (QED) is 0.465. The van der Waals surface area contributed by atoms with Gasteiger partial charge in [-0.15, -0.1) is 0 Å². The van der Waals surface area contributed by atoms with E-state index in [-0.39, 0.29) is 5.41 Å². The zero-order chi connectivity index (χ0) is 24.3. The van der Waals surface area contributed by atoms with Crippen LogP contribution in [0.25, 0.3) is 0 Å². The van der Waals surface area contributed by atoms with E-state index in [2.05, 4.69) is 24.3 Å². The highest BCUT2D eigenvalue weighted by molar-refractivity contribution is 5.80. The van der Waals surface area contributed by atoms with Gasteiger partial charge in [0.05, 0.1) is 5.41 Å². The lowest BCUT2D eigenvalue weighted by Gasteiger charge is -2.39. The molecular weight excluding hydrogens is 416 g/mol. The number of benzene rings is 2. The van der Waals surface area contributed by atoms with Crippen LogP contribution in [0.1, 0.15) is 89.3 Å². The summed E-state index contributed by atoms with van der Waals surface area (Å²) in [5, 5.41) is 19.3. The van der Waals surface area contributed by atoms with Gasteiger partial charge in [-0.2, -0.15) is 0 Å². The summed E-state index contributed by atoms with van der Waals surface area (Å²) in [6.45, 7) is 7.08. The number of ether oxygens (including phenoxy) is 1. The number of carbonyl (C=O) groups is 2. The van der Waals surface area contributed by atoms with Gasteiger partial charge in [0.25, 0.3) is 0 Å². The van der Waals surface area contributed by atoms with Crippen LogP contribution in [-0.4, -0.2) is 27.8 Å². The van der Waals surface area contributed by atoms with Crippen molar-refractivity contribution >= 4 is 11.9 Å². The highest BCUT2D eigenvalue weighted by Gasteiger charge is 2.38. The molecule has 1 fully saturated rings. The lowest BCUT2D eigenvalue weighted by atomic mass is 9.65. The molecule has 1 aliphatic carbocycles. The van der Waals surface area contributed by atoms with Crippen LogP contribution in [0.4, 0.5) is 0 Å². The van der Waals surface area contributed by atoms with Crippen LogP contribution in [0.5, 0.6) is 5.75 Å². The maximum Gasteiger partial charge on any atom is 0.347 e. The first-order chi connectivity index (χ1) is 15.6. The molecule has 0 saturated heterocycles. The summed E-state index contributed by atoms with van der Waals surface area (Å²) in [6, 6.07) is 16.0. The molecule has 0 radical (unpaired) electrons. The summed E-state index contributed by atoms with van der Waals surface area (Å²) in [6.07, 6.45) is 6.43. The van der Waals surface area contributed by atoms with Crippen molar-refractivity contribution in [2.24, 2.45) is 0 Å². The molecule has 2 aromatic rings. The topological polar surface area (TPSA) is 83.8 Å². The van der Waals surface area contributed by atoms with Gasteiger partial charge in [0.2, 0.25) is 5.60 Å². The van der Waals surface area contributed by atoms with Gasteiger partial charge in [-0.05, 0) is 68.4 Å². The minimum atomic E-state index is -1.25. The predicted octanol–water partition coefficient (Wildman–Crippen LogP) is 6.32. The fourth-order valence-electron chi connectivity index (χ4n) is 4.90. The number of hydrogen-bond donors (Lipinski definition) is 2. The fraction of sp³-hybridized carbons (Fsp3) is 0.500. The van der Waals surface area contributed by atoms with Crippen LogP contribution in [0, 0.1) is 0 Å². The lowest BCUT2D eigenvalue weighted by Crippen LogP contribution is -2.40. The summed E-state index contributed by atoms with van der Waals surface area (Å²) >= 11 is 0.